The van der Waals surface area contributed by atoms with E-state index in [-0.39, 0.29) is 17.9 Å². The predicted molar refractivity (Wildman–Crippen MR) is 126 cm³/mol. The van der Waals surface area contributed by atoms with Gasteiger partial charge >= 0.3 is 0 Å². The van der Waals surface area contributed by atoms with Crippen molar-refractivity contribution < 1.29 is 19.1 Å². The van der Waals surface area contributed by atoms with Crippen LogP contribution >= 0.6 is 11.6 Å². The summed E-state index contributed by atoms with van der Waals surface area (Å²) in [6.07, 6.45) is 6.47. The van der Waals surface area contributed by atoms with Gasteiger partial charge in [-0.2, -0.15) is 5.10 Å². The molecule has 2 unspecified atom stereocenters. The number of ether oxygens (including phenoxy) is 2. The van der Waals surface area contributed by atoms with E-state index in [9.17, 15) is 9.59 Å². The molecule has 2 aliphatic heterocycles. The number of fused-ring (bicyclic) bond motifs is 1. The normalized spacial score (nSPS) is 18.7. The molecule has 1 aromatic carbocycles. The van der Waals surface area contributed by atoms with Crippen LogP contribution < -0.4 is 20.8 Å². The second-order valence-electron chi connectivity index (χ2n) is 8.26. The lowest BCUT2D eigenvalue weighted by atomic mass is 10.0. The first kappa shape index (κ1) is 23.1. The number of hydrogen-bond donors (Lipinski definition) is 3. The molecule has 0 radical (unpaired) electrons. The Hall–Kier alpha value is -3.67. The molecule has 2 aliphatic rings. The van der Waals surface area contributed by atoms with Crippen LogP contribution in [0.4, 0.5) is 0 Å². The van der Waals surface area contributed by atoms with E-state index in [1.807, 2.05) is 0 Å². The second-order valence-corrected chi connectivity index (χ2v) is 8.70. The number of nitrogens with zero attached hydrogens (tertiary/aromatic N) is 4. The Balaban J connectivity index is 1.45. The van der Waals surface area contributed by atoms with Gasteiger partial charge in [0.2, 0.25) is 5.91 Å². The van der Waals surface area contributed by atoms with E-state index in [0.29, 0.717) is 46.5 Å². The number of benzene rings is 1. The molecule has 11 nitrogen and oxygen atoms in total. The number of methoxy groups -OCH3 is 1. The molecule has 0 saturated carbocycles. The quantitative estimate of drug-likeness (QED) is 0.448. The number of carbonyl (C=O) groups excluding carboxylic acids is 2. The van der Waals surface area contributed by atoms with Crippen LogP contribution in [0.5, 0.6) is 5.75 Å². The van der Waals surface area contributed by atoms with Gasteiger partial charge in [-0.25, -0.2) is 14.9 Å². The fraction of sp³-hybridized carbons (Fsp3) is 0.304. The van der Waals surface area contributed by atoms with Crippen molar-refractivity contribution in [2.75, 3.05) is 20.3 Å². The minimum absolute atomic E-state index is 0.00245. The number of carbonyl (C=O) groups is 2. The van der Waals surface area contributed by atoms with Crippen molar-refractivity contribution in [1.82, 2.24) is 35.7 Å². The first-order valence-corrected chi connectivity index (χ1v) is 11.4. The van der Waals surface area contributed by atoms with E-state index in [4.69, 9.17) is 21.1 Å². The van der Waals surface area contributed by atoms with Crippen molar-refractivity contribution in [1.29, 1.82) is 0 Å². The number of hydrazine groups is 1. The van der Waals surface area contributed by atoms with Crippen LogP contribution in [0.25, 0.3) is 5.65 Å². The van der Waals surface area contributed by atoms with Crippen LogP contribution in [0.1, 0.15) is 28.9 Å². The standard InChI is InChI=1S/C23H24ClN7O4/c1-13(22(32)27-15-11-35-12-15)31-10-18(20(29-31)16-8-14(24)4-5-19(16)34-2)28-23(33)17-9-26-30-7-3-6-25-21(17)30/h3-10,13,15,20,29H,11-12H2,1-2H3,(H,27,32)(H,28,33). The van der Waals surface area contributed by atoms with E-state index in [2.05, 4.69) is 26.1 Å². The van der Waals surface area contributed by atoms with Crippen molar-refractivity contribution in [2.24, 2.45) is 0 Å². The third-order valence-electron chi connectivity index (χ3n) is 5.93. The molecule has 0 spiro atoms. The van der Waals surface area contributed by atoms with Crippen molar-refractivity contribution in [2.45, 2.75) is 25.0 Å². The number of halogens is 1. The average molecular weight is 498 g/mol. The van der Waals surface area contributed by atoms with Gasteiger partial charge < -0.3 is 25.1 Å². The van der Waals surface area contributed by atoms with Gasteiger partial charge in [0.25, 0.3) is 5.91 Å². The van der Waals surface area contributed by atoms with Gasteiger partial charge in [-0.1, -0.05) is 11.6 Å². The van der Waals surface area contributed by atoms with E-state index >= 15 is 0 Å². The number of rotatable bonds is 7. The molecular formula is C23H24ClN7O4. The molecule has 3 aromatic rings. The maximum Gasteiger partial charge on any atom is 0.261 e. The number of aromatic nitrogens is 3. The van der Waals surface area contributed by atoms with Crippen LogP contribution in [0.3, 0.4) is 0 Å². The molecule has 1 saturated heterocycles. The zero-order chi connectivity index (χ0) is 24.5. The van der Waals surface area contributed by atoms with Crippen molar-refractivity contribution in [3.05, 3.63) is 70.9 Å². The zero-order valence-electron chi connectivity index (χ0n) is 19.1. The summed E-state index contributed by atoms with van der Waals surface area (Å²) >= 11 is 6.28. The molecule has 0 aliphatic carbocycles. The smallest absolute Gasteiger partial charge is 0.261 e. The monoisotopic (exact) mass is 497 g/mol. The van der Waals surface area contributed by atoms with Crippen LogP contribution in [-0.4, -0.2) is 63.8 Å². The molecule has 2 amide bonds. The van der Waals surface area contributed by atoms with Gasteiger partial charge in [0.15, 0.2) is 5.65 Å². The molecule has 1 fully saturated rings. The molecule has 0 bridgehead atoms. The first-order chi connectivity index (χ1) is 16.9. The summed E-state index contributed by atoms with van der Waals surface area (Å²) in [6.45, 7) is 2.77. The Kier molecular flexibility index (Phi) is 6.29. The number of hydrogen-bond acceptors (Lipinski definition) is 8. The fourth-order valence-corrected chi connectivity index (χ4v) is 4.11. The summed E-state index contributed by atoms with van der Waals surface area (Å²) in [6, 6.07) is 5.86. The lowest BCUT2D eigenvalue weighted by Gasteiger charge is -2.31. The summed E-state index contributed by atoms with van der Waals surface area (Å²) < 4.78 is 12.2. The van der Waals surface area contributed by atoms with Crippen molar-refractivity contribution in [3.63, 3.8) is 0 Å². The molecular weight excluding hydrogens is 474 g/mol. The molecule has 35 heavy (non-hydrogen) atoms. The highest BCUT2D eigenvalue weighted by Gasteiger charge is 2.35. The fourth-order valence-electron chi connectivity index (χ4n) is 3.93. The highest BCUT2D eigenvalue weighted by molar-refractivity contribution is 6.30. The molecule has 12 heteroatoms. The van der Waals surface area contributed by atoms with Crippen LogP contribution in [0.2, 0.25) is 5.02 Å². The second kappa shape index (κ2) is 9.53. The molecule has 2 aromatic heterocycles. The summed E-state index contributed by atoms with van der Waals surface area (Å²) in [5, 5.41) is 12.3. The maximum absolute atomic E-state index is 13.2. The third kappa shape index (κ3) is 4.53. The van der Waals surface area contributed by atoms with Gasteiger partial charge in [0.1, 0.15) is 17.4 Å². The Bertz CT molecular complexity index is 1310. The van der Waals surface area contributed by atoms with Gasteiger partial charge in [0.05, 0.1) is 44.3 Å². The molecule has 5 rings (SSSR count). The van der Waals surface area contributed by atoms with E-state index in [1.54, 1.807) is 61.9 Å². The Labute approximate surface area is 206 Å². The largest absolute Gasteiger partial charge is 0.496 e. The van der Waals surface area contributed by atoms with Gasteiger partial charge in [0, 0.05) is 29.2 Å². The lowest BCUT2D eigenvalue weighted by molar-refractivity contribution is -0.130. The first-order valence-electron chi connectivity index (χ1n) is 11.0. The van der Waals surface area contributed by atoms with Crippen LogP contribution in [0.15, 0.2) is 54.8 Å². The minimum atomic E-state index is -0.573. The summed E-state index contributed by atoms with van der Waals surface area (Å²) in [5.41, 5.74) is 5.26. The average Bonchev–Trinajstić information content (AvgIpc) is 3.45. The Morgan fingerprint density at radius 1 is 1.34 bits per heavy atom. The van der Waals surface area contributed by atoms with E-state index < -0.39 is 12.1 Å². The molecule has 182 valence electrons. The van der Waals surface area contributed by atoms with Gasteiger partial charge in [-0.15, -0.1) is 0 Å². The van der Waals surface area contributed by atoms with Gasteiger partial charge in [-0.05, 0) is 31.2 Å². The SMILES string of the molecule is COc1ccc(Cl)cc1C1NN(C(C)C(=O)NC2COC2)C=C1NC(=O)c1cnn2cccnc12. The Morgan fingerprint density at radius 3 is 2.91 bits per heavy atom. The zero-order valence-corrected chi connectivity index (χ0v) is 19.8. The van der Waals surface area contributed by atoms with E-state index in [0.717, 1.165) is 0 Å². The summed E-state index contributed by atoms with van der Waals surface area (Å²) in [5.74, 6) is 0.0249. The van der Waals surface area contributed by atoms with E-state index in [1.165, 1.54) is 10.7 Å². The lowest BCUT2D eigenvalue weighted by Crippen LogP contribution is -2.55. The molecule has 3 N–H and O–H groups in total. The Morgan fingerprint density at radius 2 is 2.17 bits per heavy atom. The number of amides is 2. The molecule has 4 heterocycles. The highest BCUT2D eigenvalue weighted by Crippen LogP contribution is 2.35. The van der Waals surface area contributed by atoms with Crippen LogP contribution in [0, 0.1) is 0 Å². The van der Waals surface area contributed by atoms with Gasteiger partial charge in [-0.3, -0.25) is 9.59 Å². The number of nitrogens with one attached hydrogen (secondary N) is 3. The topological polar surface area (TPSA) is 122 Å². The maximum atomic E-state index is 13.2. The van der Waals surface area contributed by atoms with Crippen molar-refractivity contribution >= 4 is 29.1 Å². The highest BCUT2D eigenvalue weighted by atomic mass is 35.5. The van der Waals surface area contributed by atoms with Crippen LogP contribution in [-0.2, 0) is 9.53 Å². The minimum Gasteiger partial charge on any atom is -0.496 e. The third-order valence-corrected chi connectivity index (χ3v) is 6.17. The molecule has 2 atom stereocenters. The summed E-state index contributed by atoms with van der Waals surface area (Å²) in [4.78, 5) is 30.3. The summed E-state index contributed by atoms with van der Waals surface area (Å²) in [7, 11) is 1.56. The van der Waals surface area contributed by atoms with Crippen molar-refractivity contribution in [3.8, 4) is 5.75 Å². The predicted octanol–water partition coefficient (Wildman–Crippen LogP) is 1.43.